The monoisotopic (exact) mass is 299 g/mol. The van der Waals surface area contributed by atoms with Gasteiger partial charge in [0.1, 0.15) is 5.60 Å². The quantitative estimate of drug-likeness (QED) is 0.790. The number of ether oxygens (including phenoxy) is 2. The molecule has 1 rings (SSSR count). The lowest BCUT2D eigenvalue weighted by atomic mass is 9.82. The number of hydrogen-bond donors (Lipinski definition) is 1. The number of rotatable bonds is 5. The van der Waals surface area contributed by atoms with E-state index in [1.165, 1.54) is 6.42 Å². The summed E-state index contributed by atoms with van der Waals surface area (Å²) in [6.45, 7) is 7.79. The molecule has 1 unspecified atom stereocenters. The smallest absolute Gasteiger partial charge is 0.407 e. The van der Waals surface area contributed by atoms with Crippen LogP contribution in [0.3, 0.4) is 0 Å². The molecule has 1 aliphatic rings. The molecule has 1 saturated carbocycles. The van der Waals surface area contributed by atoms with Crippen LogP contribution in [0.5, 0.6) is 0 Å². The van der Waals surface area contributed by atoms with Gasteiger partial charge in [0.05, 0.1) is 6.61 Å². The zero-order valence-electron chi connectivity index (χ0n) is 13.7. The summed E-state index contributed by atoms with van der Waals surface area (Å²) in [5.41, 5.74) is -0.481. The fourth-order valence-corrected chi connectivity index (χ4v) is 2.63. The van der Waals surface area contributed by atoms with Crippen LogP contribution >= 0.6 is 0 Å². The van der Waals surface area contributed by atoms with E-state index < -0.39 is 5.60 Å². The van der Waals surface area contributed by atoms with Gasteiger partial charge >= 0.3 is 12.1 Å². The van der Waals surface area contributed by atoms with Crippen LogP contribution in [0.25, 0.3) is 0 Å². The molecule has 1 aliphatic carbocycles. The Kier molecular flexibility index (Phi) is 6.99. The number of nitrogens with one attached hydrogen (secondary N) is 1. The van der Waals surface area contributed by atoms with E-state index in [-0.39, 0.29) is 18.1 Å². The maximum absolute atomic E-state index is 11.9. The van der Waals surface area contributed by atoms with Gasteiger partial charge in [0.25, 0.3) is 0 Å². The van der Waals surface area contributed by atoms with Gasteiger partial charge in [0.2, 0.25) is 0 Å². The van der Waals surface area contributed by atoms with E-state index in [0.29, 0.717) is 18.9 Å². The van der Waals surface area contributed by atoms with Crippen LogP contribution in [-0.4, -0.2) is 30.3 Å². The van der Waals surface area contributed by atoms with E-state index in [1.54, 1.807) is 6.92 Å². The molecule has 0 aliphatic heterocycles. The largest absolute Gasteiger partial charge is 0.466 e. The molecule has 0 heterocycles. The van der Waals surface area contributed by atoms with Crippen LogP contribution in [0.2, 0.25) is 0 Å². The highest BCUT2D eigenvalue weighted by molar-refractivity contribution is 5.69. The van der Waals surface area contributed by atoms with E-state index in [9.17, 15) is 9.59 Å². The molecule has 122 valence electrons. The molecule has 2 atom stereocenters. The Balaban J connectivity index is 2.42. The van der Waals surface area contributed by atoms with Gasteiger partial charge in [-0.3, -0.25) is 4.79 Å². The molecule has 1 N–H and O–H groups in total. The number of hydrogen-bond acceptors (Lipinski definition) is 4. The summed E-state index contributed by atoms with van der Waals surface area (Å²) in [5, 5.41) is 2.98. The molecule has 0 saturated heterocycles. The molecule has 21 heavy (non-hydrogen) atoms. The number of alkyl carbamates (subject to hydrolysis) is 1. The highest BCUT2D eigenvalue weighted by Crippen LogP contribution is 2.27. The second-order valence-electron chi connectivity index (χ2n) is 6.66. The van der Waals surface area contributed by atoms with E-state index in [2.05, 4.69) is 5.32 Å². The van der Waals surface area contributed by atoms with Crippen LogP contribution in [0.1, 0.15) is 66.2 Å². The fraction of sp³-hybridized carbons (Fsp3) is 0.875. The summed E-state index contributed by atoms with van der Waals surface area (Å²) in [6.07, 6.45) is 5.15. The summed E-state index contributed by atoms with van der Waals surface area (Å²) in [5.74, 6) is 0.193. The Morgan fingerprint density at radius 3 is 2.48 bits per heavy atom. The first kappa shape index (κ1) is 17.8. The van der Waals surface area contributed by atoms with Crippen LogP contribution in [0, 0.1) is 5.92 Å². The van der Waals surface area contributed by atoms with E-state index in [1.807, 2.05) is 20.8 Å². The first-order valence-electron chi connectivity index (χ1n) is 7.97. The Hall–Kier alpha value is -1.26. The third-order valence-corrected chi connectivity index (χ3v) is 3.65. The predicted octanol–water partition coefficient (Wildman–Crippen LogP) is 3.41. The minimum atomic E-state index is -0.481. The molecule has 1 fully saturated rings. The molecular weight excluding hydrogens is 270 g/mol. The molecular formula is C16H29NO4. The highest BCUT2D eigenvalue weighted by Gasteiger charge is 2.28. The molecule has 5 heteroatoms. The molecule has 0 bridgehead atoms. The van der Waals surface area contributed by atoms with E-state index >= 15 is 0 Å². The summed E-state index contributed by atoms with van der Waals surface area (Å²) in [6, 6.07) is 0.119. The molecule has 0 aromatic carbocycles. The van der Waals surface area contributed by atoms with Gasteiger partial charge in [-0.2, -0.15) is 0 Å². The maximum Gasteiger partial charge on any atom is 0.407 e. The normalized spacial score (nSPS) is 22.5. The number of carbonyl (C=O) groups excluding carboxylic acids is 2. The fourth-order valence-electron chi connectivity index (χ4n) is 2.63. The average molecular weight is 299 g/mol. The Bertz CT molecular complexity index is 349. The van der Waals surface area contributed by atoms with Gasteiger partial charge in [-0.05, 0) is 46.0 Å². The second kappa shape index (κ2) is 8.25. The van der Waals surface area contributed by atoms with Crippen molar-refractivity contribution in [3.8, 4) is 0 Å². The number of carbonyl (C=O) groups is 2. The lowest BCUT2D eigenvalue weighted by molar-refractivity contribution is -0.143. The average Bonchev–Trinajstić information content (AvgIpc) is 2.38. The molecule has 5 nitrogen and oxygen atoms in total. The van der Waals surface area contributed by atoms with Gasteiger partial charge in [-0.1, -0.05) is 19.8 Å². The van der Waals surface area contributed by atoms with Crippen molar-refractivity contribution in [2.24, 2.45) is 5.92 Å². The third kappa shape index (κ3) is 7.34. The Morgan fingerprint density at radius 2 is 1.86 bits per heavy atom. The van der Waals surface area contributed by atoms with Crippen molar-refractivity contribution in [2.75, 3.05) is 6.61 Å². The van der Waals surface area contributed by atoms with Gasteiger partial charge in [0.15, 0.2) is 0 Å². The van der Waals surface area contributed by atoms with Gasteiger partial charge in [-0.25, -0.2) is 4.79 Å². The first-order chi connectivity index (χ1) is 9.81. The summed E-state index contributed by atoms with van der Waals surface area (Å²) < 4.78 is 10.5. The molecule has 1 amide bonds. The van der Waals surface area contributed by atoms with Crippen molar-refractivity contribution in [1.82, 2.24) is 5.32 Å². The molecule has 0 spiro atoms. The lowest BCUT2D eigenvalue weighted by Crippen LogP contribution is -2.44. The summed E-state index contributed by atoms with van der Waals surface area (Å²) >= 11 is 0. The van der Waals surface area contributed by atoms with Crippen LogP contribution in [0.4, 0.5) is 4.79 Å². The predicted molar refractivity (Wildman–Crippen MR) is 81.0 cm³/mol. The molecule has 0 aromatic rings. The highest BCUT2D eigenvalue weighted by atomic mass is 16.6. The summed E-state index contributed by atoms with van der Waals surface area (Å²) in [7, 11) is 0. The van der Waals surface area contributed by atoms with Crippen molar-refractivity contribution in [3.05, 3.63) is 0 Å². The van der Waals surface area contributed by atoms with E-state index in [0.717, 1.165) is 25.7 Å². The second-order valence-corrected chi connectivity index (χ2v) is 6.66. The Morgan fingerprint density at radius 1 is 1.19 bits per heavy atom. The first-order valence-corrected chi connectivity index (χ1v) is 7.97. The summed E-state index contributed by atoms with van der Waals surface area (Å²) in [4.78, 5) is 23.0. The zero-order valence-corrected chi connectivity index (χ0v) is 13.7. The van der Waals surface area contributed by atoms with Crippen molar-refractivity contribution in [2.45, 2.75) is 77.9 Å². The van der Waals surface area contributed by atoms with Crippen molar-refractivity contribution in [1.29, 1.82) is 0 Å². The zero-order chi connectivity index (χ0) is 15.9. The minimum absolute atomic E-state index is 0.119. The Labute approximate surface area is 127 Å². The van der Waals surface area contributed by atoms with Gasteiger partial charge in [-0.15, -0.1) is 0 Å². The van der Waals surface area contributed by atoms with Crippen molar-refractivity contribution in [3.63, 3.8) is 0 Å². The maximum atomic E-state index is 11.9. The van der Waals surface area contributed by atoms with Crippen LogP contribution < -0.4 is 5.32 Å². The minimum Gasteiger partial charge on any atom is -0.466 e. The van der Waals surface area contributed by atoms with Gasteiger partial charge < -0.3 is 14.8 Å². The molecule has 0 aromatic heterocycles. The standard InChI is InChI=1S/C16H29NO4/c1-5-14(18)20-11-10-12-8-6-7-9-13(12)17-15(19)21-16(2,3)4/h12-13H,5-11H2,1-4H3,(H,17,19)/t12?,13-/m0/s1. The van der Waals surface area contributed by atoms with Crippen molar-refractivity contribution >= 4 is 12.1 Å². The number of esters is 1. The van der Waals surface area contributed by atoms with Crippen LogP contribution in [-0.2, 0) is 14.3 Å². The SMILES string of the molecule is CCC(=O)OCCC1CCCC[C@@H]1NC(=O)OC(C)(C)C. The number of amides is 1. The van der Waals surface area contributed by atoms with E-state index in [4.69, 9.17) is 9.47 Å². The van der Waals surface area contributed by atoms with Gasteiger partial charge in [0, 0.05) is 12.5 Å². The third-order valence-electron chi connectivity index (χ3n) is 3.65. The molecule has 0 radical (unpaired) electrons. The topological polar surface area (TPSA) is 64.6 Å². The lowest BCUT2D eigenvalue weighted by Gasteiger charge is -2.32. The van der Waals surface area contributed by atoms with Crippen molar-refractivity contribution < 1.29 is 19.1 Å². The van der Waals surface area contributed by atoms with Crippen LogP contribution in [0.15, 0.2) is 0 Å².